The molecule has 3 unspecified atom stereocenters. The van der Waals surface area contributed by atoms with Crippen molar-refractivity contribution in [3.63, 3.8) is 0 Å². The third-order valence-corrected chi connectivity index (χ3v) is 7.62. The lowest BCUT2D eigenvalue weighted by molar-refractivity contribution is -0.250. The molecule has 17 nitrogen and oxygen atoms in total. The maximum absolute atomic E-state index is 11.9. The summed E-state index contributed by atoms with van der Waals surface area (Å²) >= 11 is 0. The molecule has 30 heavy (non-hydrogen) atoms. The molecule has 0 aliphatic carbocycles. The molecule has 0 radical (unpaired) electrons. The van der Waals surface area contributed by atoms with E-state index in [0.717, 1.165) is 4.90 Å². The second kappa shape index (κ2) is 9.38. The Kier molecular flexibility index (Phi) is 7.97. The van der Waals surface area contributed by atoms with E-state index in [0.29, 0.717) is 0 Å². The van der Waals surface area contributed by atoms with E-state index in [2.05, 4.69) is 13.1 Å². The fourth-order valence-corrected chi connectivity index (χ4v) is 5.61. The van der Waals surface area contributed by atoms with Crippen molar-refractivity contribution in [3.05, 3.63) is 0 Å². The van der Waals surface area contributed by atoms with Crippen LogP contribution in [0.2, 0.25) is 0 Å². The van der Waals surface area contributed by atoms with Gasteiger partial charge in [0.2, 0.25) is 5.91 Å². The number of aliphatic hydroxyl groups excluding tert-OH is 2. The van der Waals surface area contributed by atoms with Gasteiger partial charge in [-0.3, -0.25) is 28.7 Å². The zero-order chi connectivity index (χ0) is 22.9. The second-order valence-corrected chi connectivity index (χ2v) is 10.3. The van der Waals surface area contributed by atoms with Crippen molar-refractivity contribution in [2.24, 2.45) is 5.92 Å². The number of rotatable bonds is 9. The van der Waals surface area contributed by atoms with Gasteiger partial charge in [0.05, 0.1) is 19.3 Å². The normalized spacial score (nSPS) is 33.5. The van der Waals surface area contributed by atoms with E-state index in [4.69, 9.17) is 9.63 Å². The number of carbonyl (C=O) groups excluding carboxylic acids is 2. The first-order valence-electron chi connectivity index (χ1n) is 7.92. The summed E-state index contributed by atoms with van der Waals surface area (Å²) in [7, 11) is -17.8. The summed E-state index contributed by atoms with van der Waals surface area (Å²) in [6.07, 6.45) is -4.45. The first-order valence-corrected chi connectivity index (χ1v) is 12.3. The number of amides is 3. The van der Waals surface area contributed by atoms with Gasteiger partial charge >= 0.3 is 6.03 Å². The molecule has 2 fully saturated rings. The molecule has 2 heterocycles. The van der Waals surface area contributed by atoms with Crippen molar-refractivity contribution in [2.45, 2.75) is 24.9 Å². The predicted octanol–water partition coefficient (Wildman–Crippen LogP) is -3.93. The maximum Gasteiger partial charge on any atom is 0.326 e. The van der Waals surface area contributed by atoms with Crippen molar-refractivity contribution < 1.29 is 71.0 Å². The predicted molar refractivity (Wildman–Crippen MR) is 83.3 cm³/mol. The third-order valence-electron chi connectivity index (χ3n) is 3.93. The molecule has 0 aromatic rings. The first-order chi connectivity index (χ1) is 13.6. The summed E-state index contributed by atoms with van der Waals surface area (Å²) in [5, 5.41) is 21.7. The minimum atomic E-state index is -6.09. The van der Waals surface area contributed by atoms with Crippen LogP contribution < -0.4 is 20.0 Å². The number of urea groups is 1. The topological polar surface area (TPSA) is 267 Å². The summed E-state index contributed by atoms with van der Waals surface area (Å²) in [5.74, 6) is -1.77. The third kappa shape index (κ3) is 6.87. The van der Waals surface area contributed by atoms with Crippen LogP contribution >= 0.6 is 23.5 Å². The van der Waals surface area contributed by atoms with Crippen LogP contribution in [0.4, 0.5) is 4.79 Å². The van der Waals surface area contributed by atoms with Crippen molar-refractivity contribution in [3.8, 4) is 0 Å². The number of ether oxygens (including phenoxy) is 1. The smallest absolute Gasteiger partial charge is 0.326 e. The summed E-state index contributed by atoms with van der Waals surface area (Å²) in [5.41, 5.74) is 0. The quantitative estimate of drug-likeness (QED) is 0.222. The molecule has 0 aromatic carbocycles. The largest absolute Gasteiger partial charge is 0.756 e. The molecule has 2 saturated heterocycles. The molecule has 4 N–H and O–H groups in total. The lowest BCUT2D eigenvalue weighted by Gasteiger charge is -2.33. The molecule has 2 aliphatic heterocycles. The molecule has 0 aromatic heterocycles. The van der Waals surface area contributed by atoms with Crippen LogP contribution in [-0.2, 0) is 36.4 Å². The van der Waals surface area contributed by atoms with Crippen LogP contribution in [0, 0.1) is 5.92 Å². The van der Waals surface area contributed by atoms with Gasteiger partial charge in [-0.05, 0) is 0 Å². The highest BCUT2D eigenvalue weighted by Crippen LogP contribution is 2.61. The Balaban J connectivity index is 2.02. The van der Waals surface area contributed by atoms with Gasteiger partial charge in [-0.15, -0.1) is 0 Å². The molecule has 7 atom stereocenters. The number of carbonyl (C=O) groups is 2. The monoisotopic (exact) mass is 497 g/mol. The number of nitrogens with one attached hydrogen (secondary N) is 1. The van der Waals surface area contributed by atoms with E-state index < -0.39 is 73.0 Å². The fourth-order valence-electron chi connectivity index (χ4n) is 2.71. The Bertz CT molecular complexity index is 814. The van der Waals surface area contributed by atoms with Gasteiger partial charge in [0, 0.05) is 18.9 Å². The van der Waals surface area contributed by atoms with Crippen LogP contribution in [0.15, 0.2) is 0 Å². The molecular weight excluding hydrogens is 481 g/mol. The lowest BCUT2D eigenvalue weighted by Crippen LogP contribution is -2.56. The van der Waals surface area contributed by atoms with Crippen molar-refractivity contribution in [1.82, 2.24) is 10.2 Å². The highest BCUT2D eigenvalue weighted by atomic mass is 31.3. The Morgan fingerprint density at radius 2 is 1.80 bits per heavy atom. The first kappa shape index (κ1) is 25.5. The van der Waals surface area contributed by atoms with E-state index in [1.807, 2.05) is 5.32 Å². The van der Waals surface area contributed by atoms with Crippen LogP contribution in [0.3, 0.4) is 0 Å². The van der Waals surface area contributed by atoms with Gasteiger partial charge in [-0.1, -0.05) is 0 Å². The molecule has 174 valence electrons. The molecule has 3 amide bonds. The number of phosphoric ester groups is 1. The van der Waals surface area contributed by atoms with Gasteiger partial charge in [-0.2, -0.15) is 0 Å². The summed E-state index contributed by atoms with van der Waals surface area (Å²) < 4.78 is 49.3. The highest BCUT2D eigenvalue weighted by molar-refractivity contribution is 7.65. The van der Waals surface area contributed by atoms with Gasteiger partial charge in [-0.25, -0.2) is 13.4 Å². The Morgan fingerprint density at radius 3 is 2.33 bits per heavy atom. The zero-order valence-corrected chi connectivity index (χ0v) is 17.4. The average molecular weight is 497 g/mol. The van der Waals surface area contributed by atoms with Crippen LogP contribution in [0.5, 0.6) is 0 Å². The number of aliphatic hydroxyl groups is 2. The minimum absolute atomic E-state index is 0.111. The molecule has 0 bridgehead atoms. The summed E-state index contributed by atoms with van der Waals surface area (Å²) in [6, 6.07) is -0.901. The lowest BCUT2D eigenvalue weighted by atomic mass is 9.99. The van der Waals surface area contributed by atoms with E-state index >= 15 is 0 Å². The minimum Gasteiger partial charge on any atom is -0.756 e. The van der Waals surface area contributed by atoms with Gasteiger partial charge in [0.15, 0.2) is 6.23 Å². The van der Waals surface area contributed by atoms with Crippen LogP contribution in [0.1, 0.15) is 6.42 Å². The van der Waals surface area contributed by atoms with Crippen LogP contribution in [-0.4, -0.2) is 70.1 Å². The number of imide groups is 1. The molecule has 2 rings (SSSR count). The number of hydrogen-bond acceptors (Lipinski definition) is 14. The number of phosphoric acid groups is 3. The standard InChI is InChI=1S/C10H19N2O15P3/c13-3-5-6(4-24-29(20,21)27-30(22,23)26-28(17,18)19)25-9(8(5)15)12-2-1-7(14)11-10(12)16/h5-6,8-9,13,15H,1-4H2,(H,20,21)(H,22,23)(H,11,14,16)(H2,17,18,19)/p-3/t5-,6-,8-,9-/m1/s1. The number of hydrogen-bond donors (Lipinski definition) is 4. The molecule has 2 aliphatic rings. The van der Waals surface area contributed by atoms with Crippen molar-refractivity contribution in [2.75, 3.05) is 19.8 Å². The average Bonchev–Trinajstić information content (AvgIpc) is 2.85. The molecule has 20 heteroatoms. The van der Waals surface area contributed by atoms with Crippen molar-refractivity contribution in [1.29, 1.82) is 0 Å². The van der Waals surface area contributed by atoms with E-state index in [9.17, 15) is 48.2 Å². The Labute approximate surface area is 168 Å². The van der Waals surface area contributed by atoms with Gasteiger partial charge in [0.1, 0.15) is 6.10 Å². The number of nitrogens with zero attached hydrogens (tertiary/aromatic N) is 1. The van der Waals surface area contributed by atoms with Gasteiger partial charge < -0.3 is 39.0 Å². The Morgan fingerprint density at radius 1 is 1.17 bits per heavy atom. The van der Waals surface area contributed by atoms with E-state index in [-0.39, 0.29) is 13.0 Å². The fraction of sp³-hybridized carbons (Fsp3) is 0.800. The summed E-state index contributed by atoms with van der Waals surface area (Å²) in [6.45, 7) is -1.94. The van der Waals surface area contributed by atoms with E-state index in [1.165, 1.54) is 0 Å². The molecular formula is C10H16N2O15P3-3. The highest BCUT2D eigenvalue weighted by Gasteiger charge is 2.48. The molecule has 0 saturated carbocycles. The van der Waals surface area contributed by atoms with E-state index in [1.54, 1.807) is 0 Å². The SMILES string of the molecule is O=C1CCN([C@@H]2O[C@H](COP(=O)([O-])OP(=O)([O-])OP(=O)([O-])O)[C@@H](CO)[C@H]2O)C(=O)N1. The van der Waals surface area contributed by atoms with Crippen molar-refractivity contribution >= 4 is 35.4 Å². The Hall–Kier alpha value is -0.770. The maximum atomic E-state index is 11.9. The summed E-state index contributed by atoms with van der Waals surface area (Å²) in [4.78, 5) is 65.5. The zero-order valence-electron chi connectivity index (χ0n) is 14.7. The van der Waals surface area contributed by atoms with Gasteiger partial charge in [0.25, 0.3) is 23.5 Å². The van der Waals surface area contributed by atoms with Crippen LogP contribution in [0.25, 0.3) is 0 Å². The molecule has 0 spiro atoms. The second-order valence-electron chi connectivity index (χ2n) is 6.02.